The molecule has 226 valence electrons. The summed E-state index contributed by atoms with van der Waals surface area (Å²) >= 11 is 4.47. The van der Waals surface area contributed by atoms with Crippen LogP contribution in [0.1, 0.15) is 5.56 Å². The summed E-state index contributed by atoms with van der Waals surface area (Å²) in [5.74, 6) is 2.77. The van der Waals surface area contributed by atoms with Crippen LogP contribution in [0.3, 0.4) is 0 Å². The molecule has 0 radical (unpaired) electrons. The third-order valence-electron chi connectivity index (χ3n) is 6.53. The van der Waals surface area contributed by atoms with E-state index in [1.165, 1.54) is 33.5 Å². The van der Waals surface area contributed by atoms with Crippen molar-refractivity contribution in [3.63, 3.8) is 0 Å². The van der Waals surface area contributed by atoms with Crippen LogP contribution in [0, 0.1) is 17.2 Å². The molecule has 0 atom stereocenters. The Bertz CT molecular complexity index is 1500. The van der Waals surface area contributed by atoms with Gasteiger partial charge in [0.2, 0.25) is 0 Å². The zero-order valence-electron chi connectivity index (χ0n) is 24.9. The minimum Gasteiger partial charge on any atom is -0.724 e. The molecule has 45 heavy (non-hydrogen) atoms. The fourth-order valence-corrected chi connectivity index (χ4v) is 9.90. The normalized spacial score (nSPS) is 9.73. The average molecular weight is 730 g/mol. The van der Waals surface area contributed by atoms with Crippen molar-refractivity contribution in [2.24, 2.45) is 0 Å². The molecule has 0 heterocycles. The SMILES string of the molecule is Nc1cc[c-]cc1.[Pd+2].[S-]C#Cc1ccccc1.c1ccc(P(CCP(c2ccccc2)c2ccccc2)c2ccccc2)cc1. The van der Waals surface area contributed by atoms with E-state index < -0.39 is 0 Å². The van der Waals surface area contributed by atoms with Crippen molar-refractivity contribution >= 4 is 55.4 Å². The van der Waals surface area contributed by atoms with Crippen LogP contribution in [0.15, 0.2) is 176 Å². The van der Waals surface area contributed by atoms with Crippen molar-refractivity contribution < 1.29 is 20.4 Å². The van der Waals surface area contributed by atoms with Gasteiger partial charge in [-0.2, -0.15) is 18.2 Å². The summed E-state index contributed by atoms with van der Waals surface area (Å²) in [6, 6.07) is 63.9. The fraction of sp³-hybridized carbons (Fsp3) is 0.0500. The van der Waals surface area contributed by atoms with Crippen LogP contribution in [-0.2, 0) is 33.1 Å². The largest absolute Gasteiger partial charge is 2.00 e. The van der Waals surface area contributed by atoms with Gasteiger partial charge in [-0.05, 0) is 61.5 Å². The van der Waals surface area contributed by atoms with Gasteiger partial charge < -0.3 is 18.4 Å². The maximum atomic E-state index is 5.34. The van der Waals surface area contributed by atoms with E-state index in [0.29, 0.717) is 0 Å². The van der Waals surface area contributed by atoms with Crippen LogP contribution in [0.25, 0.3) is 0 Å². The van der Waals surface area contributed by atoms with E-state index in [0.717, 1.165) is 11.3 Å². The van der Waals surface area contributed by atoms with Crippen LogP contribution in [0.2, 0.25) is 0 Å². The van der Waals surface area contributed by atoms with E-state index in [2.05, 4.69) is 151 Å². The van der Waals surface area contributed by atoms with Crippen LogP contribution < -0.4 is 27.0 Å². The molecule has 0 aliphatic heterocycles. The standard InChI is InChI=1S/C26H24P2.C8H6S.C6H6N.Pd/c1-5-13-23(14-6-1)27(24-15-7-2-8-16-24)21-22-28(25-17-9-3-10-18-25)26-19-11-4-12-20-26;9-7-6-8-4-2-1-3-5-8;7-6-4-2-1-3-5-6;/h1-20H,21-22H2;1-5,9H;2-5H,7H2;/q;;-1;+2/p-1. The molecule has 0 bridgehead atoms. The maximum Gasteiger partial charge on any atom is 2.00 e. The minimum absolute atomic E-state index is 0. The van der Waals surface area contributed by atoms with E-state index in [1.807, 2.05) is 30.3 Å². The molecule has 0 saturated carbocycles. The van der Waals surface area contributed by atoms with Crippen molar-refractivity contribution in [2.45, 2.75) is 0 Å². The van der Waals surface area contributed by atoms with Crippen molar-refractivity contribution in [2.75, 3.05) is 18.1 Å². The third-order valence-corrected chi connectivity index (χ3v) is 12.0. The molecule has 0 saturated heterocycles. The third kappa shape index (κ3) is 12.7. The van der Waals surface area contributed by atoms with Gasteiger partial charge in [-0.3, -0.25) is 0 Å². The number of rotatable bonds is 7. The van der Waals surface area contributed by atoms with Crippen molar-refractivity contribution in [3.8, 4) is 11.2 Å². The van der Waals surface area contributed by atoms with Gasteiger partial charge >= 0.3 is 20.4 Å². The monoisotopic (exact) mass is 729 g/mol. The van der Waals surface area contributed by atoms with Crippen LogP contribution in [0.4, 0.5) is 5.69 Å². The first kappa shape index (κ1) is 35.9. The van der Waals surface area contributed by atoms with Gasteiger partial charge in [0.15, 0.2) is 0 Å². The molecule has 6 rings (SSSR count). The van der Waals surface area contributed by atoms with E-state index in [1.54, 1.807) is 24.3 Å². The van der Waals surface area contributed by atoms with Gasteiger partial charge in [0, 0.05) is 5.56 Å². The Morgan fingerprint density at radius 1 is 0.489 bits per heavy atom. The number of anilines is 1. The van der Waals surface area contributed by atoms with E-state index in [-0.39, 0.29) is 36.3 Å². The first-order chi connectivity index (χ1) is 21.7. The number of hydrogen-bond acceptors (Lipinski definition) is 2. The molecule has 5 heteroatoms. The number of benzene rings is 6. The topological polar surface area (TPSA) is 26.0 Å². The molecule has 0 amide bonds. The molecule has 6 aromatic carbocycles. The summed E-state index contributed by atoms with van der Waals surface area (Å²) in [6.07, 6.45) is 2.41. The zero-order chi connectivity index (χ0) is 30.7. The quantitative estimate of drug-likeness (QED) is 0.0453. The van der Waals surface area contributed by atoms with Gasteiger partial charge in [0.25, 0.3) is 0 Å². The van der Waals surface area contributed by atoms with Crippen molar-refractivity contribution in [1.82, 2.24) is 0 Å². The molecule has 0 unspecified atom stereocenters. The average Bonchev–Trinajstić information content (AvgIpc) is 3.10. The summed E-state index contributed by atoms with van der Waals surface area (Å²) in [6.45, 7) is 0. The summed E-state index contributed by atoms with van der Waals surface area (Å²) in [7, 11) is -0.696. The van der Waals surface area contributed by atoms with E-state index in [9.17, 15) is 0 Å². The Morgan fingerprint density at radius 3 is 1.07 bits per heavy atom. The second-order valence-electron chi connectivity index (χ2n) is 9.57. The molecule has 6 aromatic rings. The number of nitrogens with two attached hydrogens (primary N) is 1. The Labute approximate surface area is 290 Å². The predicted octanol–water partition coefficient (Wildman–Crippen LogP) is 7.86. The maximum absolute atomic E-state index is 5.34. The minimum atomic E-state index is -0.348. The Kier molecular flexibility index (Phi) is 16.9. The first-order valence-electron chi connectivity index (χ1n) is 14.4. The van der Waals surface area contributed by atoms with Gasteiger partial charge in [-0.1, -0.05) is 151 Å². The first-order valence-corrected chi connectivity index (χ1v) is 17.9. The van der Waals surface area contributed by atoms with E-state index in [4.69, 9.17) is 5.73 Å². The molecule has 0 fully saturated rings. The van der Waals surface area contributed by atoms with Gasteiger partial charge in [-0.15, -0.1) is 12.1 Å². The smallest absolute Gasteiger partial charge is 0.724 e. The molecule has 0 aliphatic rings. The molecular formula is C40H35NP2PdS. The van der Waals surface area contributed by atoms with E-state index >= 15 is 0 Å². The summed E-state index contributed by atoms with van der Waals surface area (Å²) in [5, 5.41) is 8.31. The van der Waals surface area contributed by atoms with Crippen molar-refractivity contribution in [1.29, 1.82) is 0 Å². The molecule has 0 aliphatic carbocycles. The zero-order valence-corrected chi connectivity index (χ0v) is 29.0. The molecule has 2 N–H and O–H groups in total. The molecular weight excluding hydrogens is 695 g/mol. The Hall–Kier alpha value is -3.58. The van der Waals surface area contributed by atoms with Gasteiger partial charge in [0.1, 0.15) is 0 Å². The van der Waals surface area contributed by atoms with Crippen LogP contribution in [0.5, 0.6) is 0 Å². The van der Waals surface area contributed by atoms with Crippen LogP contribution in [-0.4, -0.2) is 12.3 Å². The van der Waals surface area contributed by atoms with Gasteiger partial charge in [-0.25, -0.2) is 5.25 Å². The second-order valence-corrected chi connectivity index (χ2v) is 14.4. The Balaban J connectivity index is 0.000000265. The van der Waals surface area contributed by atoms with Crippen molar-refractivity contribution in [3.05, 3.63) is 188 Å². The van der Waals surface area contributed by atoms with Gasteiger partial charge in [0.05, 0.1) is 0 Å². The number of nitrogen functional groups attached to an aromatic ring is 1. The molecule has 0 spiro atoms. The Morgan fingerprint density at radius 2 is 0.800 bits per heavy atom. The van der Waals surface area contributed by atoms with Crippen LogP contribution >= 0.6 is 15.8 Å². The summed E-state index contributed by atoms with van der Waals surface area (Å²) < 4.78 is 0. The molecule has 0 aromatic heterocycles. The predicted molar refractivity (Wildman–Crippen MR) is 198 cm³/mol. The molecule has 1 nitrogen and oxygen atoms in total. The second kappa shape index (κ2) is 21.2. The summed E-state index contributed by atoms with van der Waals surface area (Å²) in [4.78, 5) is 0. The number of hydrogen-bond donors (Lipinski definition) is 1. The summed E-state index contributed by atoms with van der Waals surface area (Å²) in [5.41, 5.74) is 7.11. The fourth-order valence-electron chi connectivity index (χ4n) is 4.43.